The van der Waals surface area contributed by atoms with E-state index >= 15 is 0 Å². The SMILES string of the molecule is Cc1cnn([C@H]2CC[C@@]3(C)[C@@H](CC[C@]4(C)[C@@H]3C(=O)C=C3[C@@H]5C[C@@](C)(C(=O)O)CC[C@]5(C)CC[C@]34C)[C@]2(C)C(=O)O)c1. The normalized spacial score (nSPS) is 49.1. The third kappa shape index (κ3) is 3.50. The first-order valence-electron chi connectivity index (χ1n) is 15.7. The standard InChI is InChI=1S/C34H48N2O5/c1-20-18-35-36(19-20)25-9-10-31(4)24(34(25,7)28(40)41)8-11-33(6)26(31)23(37)16-21-22-17-30(3,27(38)39)13-12-29(22,2)14-15-32(21,33)5/h16,18-19,22,24-26H,8-15,17H2,1-7H3,(H,38,39)(H,40,41)/t22-,24+,25-,26+,29+,30-,31-,32+,33+,34-/m0/s1. The molecule has 4 saturated carbocycles. The number of carbonyl (C=O) groups is 3. The van der Waals surface area contributed by atoms with Gasteiger partial charge in [-0.05, 0) is 124 Å². The molecule has 7 nitrogen and oxygen atoms in total. The van der Waals surface area contributed by atoms with E-state index in [0.717, 1.165) is 44.1 Å². The Bertz CT molecular complexity index is 1360. The molecule has 0 radical (unpaired) electrons. The molecule has 5 aliphatic carbocycles. The molecule has 1 aromatic heterocycles. The molecule has 0 bridgehead atoms. The fraction of sp³-hybridized carbons (Fsp3) is 0.765. The van der Waals surface area contributed by atoms with Crippen LogP contribution in [0.15, 0.2) is 24.0 Å². The fourth-order valence-corrected chi connectivity index (χ4v) is 11.4. The number of aryl methyl sites for hydroxylation is 1. The average molecular weight is 565 g/mol. The Hall–Kier alpha value is -2.44. The van der Waals surface area contributed by atoms with E-state index in [9.17, 15) is 24.6 Å². The summed E-state index contributed by atoms with van der Waals surface area (Å²) in [5, 5.41) is 25.5. The fourth-order valence-electron chi connectivity index (χ4n) is 11.4. The van der Waals surface area contributed by atoms with Gasteiger partial charge in [-0.3, -0.25) is 19.1 Å². The van der Waals surface area contributed by atoms with Crippen molar-refractivity contribution < 1.29 is 24.6 Å². The van der Waals surface area contributed by atoms with E-state index in [0.29, 0.717) is 19.3 Å². The minimum absolute atomic E-state index is 0.00667. The lowest BCUT2D eigenvalue weighted by atomic mass is 9.33. The van der Waals surface area contributed by atoms with Gasteiger partial charge in [-0.15, -0.1) is 0 Å². The third-order valence-electron chi connectivity index (χ3n) is 14.2. The first kappa shape index (κ1) is 28.7. The van der Waals surface area contributed by atoms with Crippen LogP contribution in [0.1, 0.15) is 111 Å². The Morgan fingerprint density at radius 2 is 1.61 bits per heavy atom. The van der Waals surface area contributed by atoms with Crippen molar-refractivity contribution >= 4 is 17.7 Å². The topological polar surface area (TPSA) is 109 Å². The van der Waals surface area contributed by atoms with Gasteiger partial charge in [0.15, 0.2) is 5.78 Å². The number of carboxylic acids is 2. The van der Waals surface area contributed by atoms with Crippen LogP contribution in [0.25, 0.3) is 0 Å². The molecule has 0 amide bonds. The zero-order chi connectivity index (χ0) is 30.0. The van der Waals surface area contributed by atoms with E-state index < -0.39 is 28.2 Å². The summed E-state index contributed by atoms with van der Waals surface area (Å²) in [5.41, 5.74) is -0.609. The lowest BCUT2D eigenvalue weighted by Crippen LogP contribution is -2.67. The highest BCUT2D eigenvalue weighted by Crippen LogP contribution is 2.75. The van der Waals surface area contributed by atoms with Gasteiger partial charge in [0.1, 0.15) is 0 Å². The molecule has 6 rings (SSSR count). The summed E-state index contributed by atoms with van der Waals surface area (Å²) in [6, 6.07) is -0.261. The van der Waals surface area contributed by atoms with Crippen molar-refractivity contribution in [3.63, 3.8) is 0 Å². The number of rotatable bonds is 3. The smallest absolute Gasteiger partial charge is 0.311 e. The van der Waals surface area contributed by atoms with Crippen LogP contribution >= 0.6 is 0 Å². The van der Waals surface area contributed by atoms with E-state index in [1.807, 2.05) is 37.7 Å². The van der Waals surface area contributed by atoms with Crippen LogP contribution < -0.4 is 0 Å². The molecule has 41 heavy (non-hydrogen) atoms. The number of fused-ring (bicyclic) bond motifs is 7. The quantitative estimate of drug-likeness (QED) is 0.415. The van der Waals surface area contributed by atoms with E-state index in [-0.39, 0.29) is 45.8 Å². The van der Waals surface area contributed by atoms with Crippen LogP contribution in [-0.4, -0.2) is 37.7 Å². The molecule has 224 valence electrons. The number of hydrogen-bond acceptors (Lipinski definition) is 4. The number of hydrogen-bond donors (Lipinski definition) is 2. The number of nitrogens with zero attached hydrogens (tertiary/aromatic N) is 2. The van der Waals surface area contributed by atoms with Gasteiger partial charge in [0.2, 0.25) is 0 Å². The first-order valence-corrected chi connectivity index (χ1v) is 15.7. The minimum Gasteiger partial charge on any atom is -0.481 e. The molecule has 10 atom stereocenters. The van der Waals surface area contributed by atoms with E-state index in [4.69, 9.17) is 0 Å². The average Bonchev–Trinajstić information content (AvgIpc) is 3.31. The Morgan fingerprint density at radius 1 is 0.927 bits per heavy atom. The van der Waals surface area contributed by atoms with Crippen LogP contribution in [0.3, 0.4) is 0 Å². The molecular weight excluding hydrogens is 516 g/mol. The Labute approximate surface area is 244 Å². The maximum Gasteiger partial charge on any atom is 0.311 e. The van der Waals surface area contributed by atoms with Gasteiger partial charge in [-0.2, -0.15) is 5.10 Å². The molecule has 0 aromatic carbocycles. The first-order chi connectivity index (χ1) is 19.0. The molecule has 5 aliphatic rings. The zero-order valence-corrected chi connectivity index (χ0v) is 25.9. The lowest BCUT2D eigenvalue weighted by molar-refractivity contribution is -0.205. The Morgan fingerprint density at radius 3 is 2.22 bits per heavy atom. The van der Waals surface area contributed by atoms with Gasteiger partial charge < -0.3 is 10.2 Å². The van der Waals surface area contributed by atoms with Crippen molar-refractivity contribution in [2.45, 2.75) is 112 Å². The van der Waals surface area contributed by atoms with Crippen molar-refractivity contribution in [1.29, 1.82) is 0 Å². The highest BCUT2D eigenvalue weighted by atomic mass is 16.4. The third-order valence-corrected chi connectivity index (χ3v) is 14.2. The number of aliphatic carboxylic acids is 2. The van der Waals surface area contributed by atoms with Gasteiger partial charge >= 0.3 is 11.9 Å². The summed E-state index contributed by atoms with van der Waals surface area (Å²) in [6.45, 7) is 14.9. The van der Waals surface area contributed by atoms with Crippen molar-refractivity contribution in [3.05, 3.63) is 29.6 Å². The summed E-state index contributed by atoms with van der Waals surface area (Å²) in [4.78, 5) is 40.1. The second-order valence-corrected chi connectivity index (χ2v) is 16.2. The number of aromatic nitrogens is 2. The van der Waals surface area contributed by atoms with Gasteiger partial charge in [0.25, 0.3) is 0 Å². The highest BCUT2D eigenvalue weighted by molar-refractivity contribution is 5.96. The van der Waals surface area contributed by atoms with Crippen LogP contribution in [0.4, 0.5) is 0 Å². The predicted molar refractivity (Wildman–Crippen MR) is 155 cm³/mol. The molecule has 1 aromatic rings. The van der Waals surface area contributed by atoms with Crippen LogP contribution in [-0.2, 0) is 14.4 Å². The van der Waals surface area contributed by atoms with Gasteiger partial charge in [-0.25, -0.2) is 0 Å². The number of carbonyl (C=O) groups excluding carboxylic acids is 1. The van der Waals surface area contributed by atoms with Crippen molar-refractivity contribution in [2.24, 2.45) is 50.2 Å². The van der Waals surface area contributed by atoms with E-state index in [2.05, 4.69) is 32.8 Å². The molecule has 0 spiro atoms. The summed E-state index contributed by atoms with van der Waals surface area (Å²) in [6.07, 6.45) is 12.8. The molecule has 7 heteroatoms. The van der Waals surface area contributed by atoms with Crippen molar-refractivity contribution in [3.8, 4) is 0 Å². The summed E-state index contributed by atoms with van der Waals surface area (Å²) >= 11 is 0. The predicted octanol–water partition coefficient (Wildman–Crippen LogP) is 6.86. The number of ketones is 1. The molecule has 2 N–H and O–H groups in total. The summed E-state index contributed by atoms with van der Waals surface area (Å²) < 4.78 is 1.86. The van der Waals surface area contributed by atoms with Gasteiger partial charge in [0, 0.05) is 12.1 Å². The minimum atomic E-state index is -1.05. The maximum atomic E-state index is 14.5. The molecule has 1 heterocycles. The second kappa shape index (κ2) is 8.57. The number of carboxylic acid groups (broad SMARTS) is 2. The van der Waals surface area contributed by atoms with Gasteiger partial charge in [-0.1, -0.05) is 33.3 Å². The van der Waals surface area contributed by atoms with Crippen LogP contribution in [0.2, 0.25) is 0 Å². The zero-order valence-electron chi connectivity index (χ0n) is 25.9. The van der Waals surface area contributed by atoms with E-state index in [1.165, 1.54) is 5.57 Å². The van der Waals surface area contributed by atoms with E-state index in [1.54, 1.807) is 6.20 Å². The lowest BCUT2D eigenvalue weighted by Gasteiger charge is -2.70. The second-order valence-electron chi connectivity index (χ2n) is 16.2. The molecule has 0 unspecified atom stereocenters. The highest BCUT2D eigenvalue weighted by Gasteiger charge is 2.72. The monoisotopic (exact) mass is 564 g/mol. The molecule has 0 saturated heterocycles. The summed E-state index contributed by atoms with van der Waals surface area (Å²) in [5.74, 6) is -1.74. The van der Waals surface area contributed by atoms with Crippen LogP contribution in [0.5, 0.6) is 0 Å². The molecule has 0 aliphatic heterocycles. The molecular formula is C34H48N2O5. The van der Waals surface area contributed by atoms with Crippen molar-refractivity contribution in [2.75, 3.05) is 0 Å². The maximum absolute atomic E-state index is 14.5. The van der Waals surface area contributed by atoms with Crippen molar-refractivity contribution in [1.82, 2.24) is 9.78 Å². The molecule has 4 fully saturated rings. The van der Waals surface area contributed by atoms with Crippen LogP contribution in [0, 0.1) is 57.2 Å². The Kier molecular flexibility index (Phi) is 5.99. The van der Waals surface area contributed by atoms with Gasteiger partial charge in [0.05, 0.1) is 23.1 Å². The largest absolute Gasteiger partial charge is 0.481 e. The Balaban J connectivity index is 1.45. The summed E-state index contributed by atoms with van der Waals surface area (Å²) in [7, 11) is 0. The number of allylic oxidation sites excluding steroid dienone is 2.